The van der Waals surface area contributed by atoms with Crippen LogP contribution < -0.4 is 11.1 Å². The molecule has 0 unspecified atom stereocenters. The van der Waals surface area contributed by atoms with Crippen LogP contribution in [0.25, 0.3) is 0 Å². The van der Waals surface area contributed by atoms with Crippen LogP contribution in [-0.2, 0) is 0 Å². The Bertz CT molecular complexity index is 766. The molecule has 0 amide bonds. The summed E-state index contributed by atoms with van der Waals surface area (Å²) >= 11 is 3.10. The van der Waals surface area contributed by atoms with E-state index in [1.165, 1.54) is 23.0 Å². The third kappa shape index (κ3) is 3.20. The number of benzene rings is 1. The van der Waals surface area contributed by atoms with Gasteiger partial charge in [0.25, 0.3) is 0 Å². The second kappa shape index (κ2) is 6.33. The lowest BCUT2D eigenvalue weighted by Crippen LogP contribution is -2.02. The summed E-state index contributed by atoms with van der Waals surface area (Å²) in [5.41, 5.74) is 7.73. The zero-order valence-corrected chi connectivity index (χ0v) is 13.8. The molecule has 7 heteroatoms. The molecule has 1 aromatic carbocycles. The minimum Gasteiger partial charge on any atom is -0.394 e. The fraction of sp³-hybridized carbons (Fsp3) is 0.133. The van der Waals surface area contributed by atoms with E-state index in [1.54, 1.807) is 11.3 Å². The van der Waals surface area contributed by atoms with Gasteiger partial charge in [0, 0.05) is 9.77 Å². The standard InChI is InChI=1S/C15H15N5S2/c1-9-10(2)21-15(19-9)20-13-12(16)14(18-8-17-13)22-11-6-4-3-5-7-11/h3-8H,16H2,1-2H3,(H,17,18,19,20). The maximum atomic E-state index is 6.19. The maximum Gasteiger partial charge on any atom is 0.188 e. The van der Waals surface area contributed by atoms with E-state index in [1.807, 2.05) is 44.2 Å². The molecule has 2 aromatic heterocycles. The van der Waals surface area contributed by atoms with Crippen LogP contribution in [-0.4, -0.2) is 15.0 Å². The molecule has 0 aliphatic carbocycles. The lowest BCUT2D eigenvalue weighted by molar-refractivity contribution is 1.06. The number of nitrogens with one attached hydrogen (secondary N) is 1. The Kier molecular flexibility index (Phi) is 4.26. The molecule has 0 saturated carbocycles. The molecule has 22 heavy (non-hydrogen) atoms. The number of rotatable bonds is 4. The van der Waals surface area contributed by atoms with Crippen molar-refractivity contribution in [3.8, 4) is 0 Å². The normalized spacial score (nSPS) is 10.6. The fourth-order valence-electron chi connectivity index (χ4n) is 1.79. The van der Waals surface area contributed by atoms with Crippen molar-refractivity contribution in [2.75, 3.05) is 11.1 Å². The van der Waals surface area contributed by atoms with Gasteiger partial charge in [-0.3, -0.25) is 0 Å². The third-order valence-electron chi connectivity index (χ3n) is 3.06. The molecule has 112 valence electrons. The van der Waals surface area contributed by atoms with Gasteiger partial charge in [-0.1, -0.05) is 30.0 Å². The quantitative estimate of drug-likeness (QED) is 0.704. The SMILES string of the molecule is Cc1nc(Nc2ncnc(Sc3ccccc3)c2N)sc1C. The lowest BCUT2D eigenvalue weighted by atomic mass is 10.4. The van der Waals surface area contributed by atoms with Crippen LogP contribution in [0.15, 0.2) is 46.6 Å². The van der Waals surface area contributed by atoms with E-state index in [2.05, 4.69) is 20.3 Å². The number of aryl methyl sites for hydroxylation is 2. The molecular formula is C15H15N5S2. The van der Waals surface area contributed by atoms with Gasteiger partial charge < -0.3 is 11.1 Å². The van der Waals surface area contributed by atoms with E-state index in [-0.39, 0.29) is 0 Å². The molecule has 0 radical (unpaired) electrons. The Labute approximate surface area is 137 Å². The van der Waals surface area contributed by atoms with Crippen molar-refractivity contribution in [3.63, 3.8) is 0 Å². The van der Waals surface area contributed by atoms with Crippen LogP contribution in [0.2, 0.25) is 0 Å². The second-order valence-electron chi connectivity index (χ2n) is 4.64. The predicted octanol–water partition coefficient (Wildman–Crippen LogP) is 4.03. The molecule has 0 fully saturated rings. The minimum absolute atomic E-state index is 0.529. The zero-order valence-electron chi connectivity index (χ0n) is 12.2. The summed E-state index contributed by atoms with van der Waals surface area (Å²) in [6.45, 7) is 4.02. The average molecular weight is 329 g/mol. The molecule has 0 saturated heterocycles. The van der Waals surface area contributed by atoms with E-state index >= 15 is 0 Å². The fourth-order valence-corrected chi connectivity index (χ4v) is 3.42. The number of hydrogen-bond acceptors (Lipinski definition) is 7. The molecule has 0 bridgehead atoms. The van der Waals surface area contributed by atoms with Gasteiger partial charge in [0.1, 0.15) is 17.0 Å². The van der Waals surface area contributed by atoms with E-state index in [0.717, 1.165) is 20.7 Å². The van der Waals surface area contributed by atoms with E-state index in [9.17, 15) is 0 Å². The number of anilines is 3. The van der Waals surface area contributed by atoms with Crippen LogP contribution in [0.4, 0.5) is 16.6 Å². The first-order valence-corrected chi connectivity index (χ1v) is 8.31. The number of thiazole rings is 1. The highest BCUT2D eigenvalue weighted by atomic mass is 32.2. The highest BCUT2D eigenvalue weighted by Crippen LogP contribution is 2.34. The van der Waals surface area contributed by atoms with Crippen molar-refractivity contribution in [3.05, 3.63) is 47.2 Å². The van der Waals surface area contributed by atoms with Crippen LogP contribution in [0.3, 0.4) is 0 Å². The van der Waals surface area contributed by atoms with Crippen molar-refractivity contribution >= 4 is 39.7 Å². The largest absolute Gasteiger partial charge is 0.394 e. The van der Waals surface area contributed by atoms with Crippen LogP contribution in [0, 0.1) is 13.8 Å². The Morgan fingerprint density at radius 1 is 1.14 bits per heavy atom. The first-order valence-electron chi connectivity index (χ1n) is 6.68. The van der Waals surface area contributed by atoms with Gasteiger partial charge in [-0.05, 0) is 26.0 Å². The van der Waals surface area contributed by atoms with Gasteiger partial charge in [0.2, 0.25) is 0 Å². The predicted molar refractivity (Wildman–Crippen MR) is 91.9 cm³/mol. The average Bonchev–Trinajstić information content (AvgIpc) is 2.83. The van der Waals surface area contributed by atoms with Gasteiger partial charge >= 0.3 is 0 Å². The lowest BCUT2D eigenvalue weighted by Gasteiger charge is -2.09. The Morgan fingerprint density at radius 2 is 1.91 bits per heavy atom. The number of nitrogen functional groups attached to an aromatic ring is 1. The Morgan fingerprint density at radius 3 is 2.59 bits per heavy atom. The van der Waals surface area contributed by atoms with Gasteiger partial charge in [-0.15, -0.1) is 11.3 Å². The number of hydrogen-bond donors (Lipinski definition) is 2. The number of aromatic nitrogens is 3. The molecule has 0 aliphatic rings. The van der Waals surface area contributed by atoms with Gasteiger partial charge in [-0.25, -0.2) is 15.0 Å². The van der Waals surface area contributed by atoms with Crippen molar-refractivity contribution in [2.45, 2.75) is 23.8 Å². The minimum atomic E-state index is 0.529. The number of nitrogens with two attached hydrogens (primary N) is 1. The Balaban J connectivity index is 1.85. The molecule has 0 aliphatic heterocycles. The summed E-state index contributed by atoms with van der Waals surface area (Å²) < 4.78 is 0. The molecule has 3 aromatic rings. The van der Waals surface area contributed by atoms with Crippen LogP contribution in [0.5, 0.6) is 0 Å². The zero-order chi connectivity index (χ0) is 15.5. The topological polar surface area (TPSA) is 76.7 Å². The highest BCUT2D eigenvalue weighted by Gasteiger charge is 2.12. The van der Waals surface area contributed by atoms with Crippen LogP contribution in [0.1, 0.15) is 10.6 Å². The highest BCUT2D eigenvalue weighted by molar-refractivity contribution is 7.99. The summed E-state index contributed by atoms with van der Waals surface area (Å²) in [6.07, 6.45) is 1.51. The van der Waals surface area contributed by atoms with Gasteiger partial charge in [0.05, 0.1) is 5.69 Å². The summed E-state index contributed by atoms with van der Waals surface area (Å²) in [6, 6.07) is 9.99. The molecule has 0 spiro atoms. The van der Waals surface area contributed by atoms with Crippen molar-refractivity contribution < 1.29 is 0 Å². The molecule has 2 heterocycles. The monoisotopic (exact) mass is 329 g/mol. The molecule has 0 atom stereocenters. The summed E-state index contributed by atoms with van der Waals surface area (Å²) in [7, 11) is 0. The summed E-state index contributed by atoms with van der Waals surface area (Å²) in [5, 5.41) is 4.70. The summed E-state index contributed by atoms with van der Waals surface area (Å²) in [4.78, 5) is 15.2. The third-order valence-corrected chi connectivity index (χ3v) is 5.07. The molecule has 3 rings (SSSR count). The molecule has 5 nitrogen and oxygen atoms in total. The molecule has 3 N–H and O–H groups in total. The van der Waals surface area contributed by atoms with Gasteiger partial charge in [0.15, 0.2) is 10.9 Å². The first-order chi connectivity index (χ1) is 10.6. The van der Waals surface area contributed by atoms with Crippen LogP contribution >= 0.6 is 23.1 Å². The first kappa shape index (κ1) is 14.8. The van der Waals surface area contributed by atoms with E-state index < -0.39 is 0 Å². The number of nitrogens with zero attached hydrogens (tertiary/aromatic N) is 3. The second-order valence-corrected chi connectivity index (χ2v) is 6.91. The summed E-state index contributed by atoms with van der Waals surface area (Å²) in [5.74, 6) is 0.585. The van der Waals surface area contributed by atoms with Crippen molar-refractivity contribution in [1.29, 1.82) is 0 Å². The maximum absolute atomic E-state index is 6.19. The van der Waals surface area contributed by atoms with Crippen molar-refractivity contribution in [1.82, 2.24) is 15.0 Å². The Hall–Kier alpha value is -2.12. The molecular weight excluding hydrogens is 314 g/mol. The van der Waals surface area contributed by atoms with E-state index in [4.69, 9.17) is 5.73 Å². The van der Waals surface area contributed by atoms with Gasteiger partial charge in [-0.2, -0.15) is 0 Å². The van der Waals surface area contributed by atoms with E-state index in [0.29, 0.717) is 11.5 Å². The smallest absolute Gasteiger partial charge is 0.188 e. The van der Waals surface area contributed by atoms with Crippen molar-refractivity contribution in [2.24, 2.45) is 0 Å².